The van der Waals surface area contributed by atoms with E-state index < -0.39 is 17.7 Å². The normalized spacial score (nSPS) is 18.7. The number of hydrogen-bond donors (Lipinski definition) is 2. The van der Waals surface area contributed by atoms with Crippen LogP contribution in [0.4, 0.5) is 4.79 Å². The zero-order valence-electron chi connectivity index (χ0n) is 13.4. The second-order valence-electron chi connectivity index (χ2n) is 6.41. The van der Waals surface area contributed by atoms with E-state index in [1.54, 1.807) is 0 Å². The summed E-state index contributed by atoms with van der Waals surface area (Å²) in [4.78, 5) is 25.8. The smallest absolute Gasteiger partial charge is 0.410 e. The Hall–Kier alpha value is -1.30. The molecule has 2 amide bonds. The van der Waals surface area contributed by atoms with Crippen molar-refractivity contribution in [2.24, 2.45) is 0 Å². The predicted octanol–water partition coefficient (Wildman–Crippen LogP) is 1.66. The monoisotopic (exact) mass is 300 g/mol. The Balaban J connectivity index is 2.41. The Morgan fingerprint density at radius 2 is 2.00 bits per heavy atom. The van der Waals surface area contributed by atoms with E-state index in [9.17, 15) is 9.59 Å². The average Bonchev–Trinajstić information content (AvgIpc) is 2.85. The number of aliphatic hydroxyl groups excluding tert-OH is 1. The summed E-state index contributed by atoms with van der Waals surface area (Å²) in [5, 5.41) is 11.6. The maximum Gasteiger partial charge on any atom is 0.410 e. The molecule has 1 saturated heterocycles. The SMILES string of the molecule is CC(C)(C)OC(=O)N1CCCC1C(=O)NCCCCCO. The maximum atomic E-state index is 12.1. The largest absolute Gasteiger partial charge is 0.444 e. The molecule has 0 spiro atoms. The Bertz CT molecular complexity index is 352. The molecular formula is C15H28N2O4. The zero-order valence-corrected chi connectivity index (χ0v) is 13.4. The molecule has 1 heterocycles. The number of nitrogens with zero attached hydrogens (tertiary/aromatic N) is 1. The van der Waals surface area contributed by atoms with Gasteiger partial charge in [-0.25, -0.2) is 4.79 Å². The minimum Gasteiger partial charge on any atom is -0.444 e. The molecule has 1 aliphatic rings. The lowest BCUT2D eigenvalue weighted by molar-refractivity contribution is -0.125. The maximum absolute atomic E-state index is 12.1. The molecule has 1 rings (SSSR count). The highest BCUT2D eigenvalue weighted by Gasteiger charge is 2.36. The summed E-state index contributed by atoms with van der Waals surface area (Å²) in [6.45, 7) is 6.78. The summed E-state index contributed by atoms with van der Waals surface area (Å²) in [7, 11) is 0. The van der Waals surface area contributed by atoms with Gasteiger partial charge in [-0.15, -0.1) is 0 Å². The first-order valence-electron chi connectivity index (χ1n) is 7.73. The highest BCUT2D eigenvalue weighted by atomic mass is 16.6. The van der Waals surface area contributed by atoms with E-state index >= 15 is 0 Å². The highest BCUT2D eigenvalue weighted by Crippen LogP contribution is 2.20. The quantitative estimate of drug-likeness (QED) is 0.731. The number of carbonyl (C=O) groups is 2. The summed E-state index contributed by atoms with van der Waals surface area (Å²) in [5.74, 6) is -0.109. The minimum absolute atomic E-state index is 0.109. The van der Waals surface area contributed by atoms with Crippen LogP contribution in [0.25, 0.3) is 0 Å². The fourth-order valence-electron chi connectivity index (χ4n) is 2.32. The van der Waals surface area contributed by atoms with Crippen molar-refractivity contribution >= 4 is 12.0 Å². The molecule has 6 heteroatoms. The molecule has 0 saturated carbocycles. The number of amides is 2. The molecule has 6 nitrogen and oxygen atoms in total. The molecule has 0 bridgehead atoms. The van der Waals surface area contributed by atoms with Crippen LogP contribution in [-0.4, -0.2) is 53.3 Å². The molecule has 0 aromatic rings. The number of likely N-dealkylation sites (tertiary alicyclic amines) is 1. The van der Waals surface area contributed by atoms with E-state index in [0.29, 0.717) is 19.5 Å². The van der Waals surface area contributed by atoms with Gasteiger partial charge in [-0.1, -0.05) is 0 Å². The van der Waals surface area contributed by atoms with E-state index in [2.05, 4.69) is 5.32 Å². The predicted molar refractivity (Wildman–Crippen MR) is 79.9 cm³/mol. The van der Waals surface area contributed by atoms with Crippen molar-refractivity contribution in [1.29, 1.82) is 0 Å². The van der Waals surface area contributed by atoms with Crippen LogP contribution in [0, 0.1) is 0 Å². The van der Waals surface area contributed by atoms with Gasteiger partial charge in [0.25, 0.3) is 0 Å². The molecule has 0 aromatic heterocycles. The zero-order chi connectivity index (χ0) is 15.9. The fourth-order valence-corrected chi connectivity index (χ4v) is 2.32. The third-order valence-corrected chi connectivity index (χ3v) is 3.32. The summed E-state index contributed by atoms with van der Waals surface area (Å²) >= 11 is 0. The molecule has 1 unspecified atom stereocenters. The molecular weight excluding hydrogens is 272 g/mol. The van der Waals surface area contributed by atoms with Gasteiger partial charge >= 0.3 is 6.09 Å². The van der Waals surface area contributed by atoms with E-state index in [0.717, 1.165) is 25.7 Å². The van der Waals surface area contributed by atoms with Gasteiger partial charge in [0.15, 0.2) is 0 Å². The number of carbonyl (C=O) groups excluding carboxylic acids is 2. The van der Waals surface area contributed by atoms with Gasteiger partial charge in [0, 0.05) is 19.7 Å². The summed E-state index contributed by atoms with van der Waals surface area (Å²) in [5.41, 5.74) is -0.551. The van der Waals surface area contributed by atoms with Gasteiger partial charge in [-0.2, -0.15) is 0 Å². The van der Waals surface area contributed by atoms with E-state index in [1.807, 2.05) is 20.8 Å². The Labute approximate surface area is 126 Å². The molecule has 1 atom stereocenters. The molecule has 0 radical (unpaired) electrons. The lowest BCUT2D eigenvalue weighted by Crippen LogP contribution is -2.47. The lowest BCUT2D eigenvalue weighted by Gasteiger charge is -2.28. The molecule has 122 valence electrons. The number of ether oxygens (including phenoxy) is 1. The minimum atomic E-state index is -0.551. The third kappa shape index (κ3) is 6.33. The van der Waals surface area contributed by atoms with Gasteiger partial charge < -0.3 is 15.2 Å². The van der Waals surface area contributed by atoms with Crippen molar-refractivity contribution in [3.63, 3.8) is 0 Å². The summed E-state index contributed by atoms with van der Waals surface area (Å²) in [6.07, 6.45) is 3.57. The second kappa shape index (κ2) is 8.22. The summed E-state index contributed by atoms with van der Waals surface area (Å²) < 4.78 is 5.34. The molecule has 0 aliphatic carbocycles. The molecule has 2 N–H and O–H groups in total. The Kier molecular flexibility index (Phi) is 6.95. The van der Waals surface area contributed by atoms with Gasteiger partial charge in [0.2, 0.25) is 5.91 Å². The third-order valence-electron chi connectivity index (χ3n) is 3.32. The molecule has 1 aliphatic heterocycles. The Morgan fingerprint density at radius 1 is 1.29 bits per heavy atom. The van der Waals surface area contributed by atoms with Crippen LogP contribution in [-0.2, 0) is 9.53 Å². The number of unbranched alkanes of at least 4 members (excludes halogenated alkanes) is 2. The molecule has 1 fully saturated rings. The van der Waals surface area contributed by atoms with Crippen LogP contribution in [0.3, 0.4) is 0 Å². The van der Waals surface area contributed by atoms with Crippen LogP contribution in [0.5, 0.6) is 0 Å². The van der Waals surface area contributed by atoms with Crippen molar-refractivity contribution in [2.75, 3.05) is 19.7 Å². The summed E-state index contributed by atoms with van der Waals surface area (Å²) in [6, 6.07) is -0.419. The van der Waals surface area contributed by atoms with Crippen LogP contribution in [0.15, 0.2) is 0 Å². The number of aliphatic hydroxyl groups is 1. The van der Waals surface area contributed by atoms with Crippen molar-refractivity contribution in [1.82, 2.24) is 10.2 Å². The fraction of sp³-hybridized carbons (Fsp3) is 0.867. The van der Waals surface area contributed by atoms with Gasteiger partial charge in [-0.05, 0) is 52.9 Å². The van der Waals surface area contributed by atoms with Crippen molar-refractivity contribution in [3.8, 4) is 0 Å². The molecule has 0 aromatic carbocycles. The first-order chi connectivity index (χ1) is 9.85. The van der Waals surface area contributed by atoms with E-state index in [-0.39, 0.29) is 12.5 Å². The Morgan fingerprint density at radius 3 is 2.62 bits per heavy atom. The highest BCUT2D eigenvalue weighted by molar-refractivity contribution is 5.86. The van der Waals surface area contributed by atoms with Crippen LogP contribution in [0.2, 0.25) is 0 Å². The van der Waals surface area contributed by atoms with Crippen molar-refractivity contribution in [2.45, 2.75) is 64.5 Å². The van der Waals surface area contributed by atoms with Gasteiger partial charge in [0.1, 0.15) is 11.6 Å². The van der Waals surface area contributed by atoms with Crippen LogP contribution >= 0.6 is 0 Å². The molecule has 21 heavy (non-hydrogen) atoms. The number of rotatable bonds is 6. The van der Waals surface area contributed by atoms with Gasteiger partial charge in [0.05, 0.1) is 0 Å². The van der Waals surface area contributed by atoms with E-state index in [4.69, 9.17) is 9.84 Å². The van der Waals surface area contributed by atoms with Crippen molar-refractivity contribution in [3.05, 3.63) is 0 Å². The first kappa shape index (κ1) is 17.8. The average molecular weight is 300 g/mol. The first-order valence-corrected chi connectivity index (χ1v) is 7.73. The van der Waals surface area contributed by atoms with Crippen molar-refractivity contribution < 1.29 is 19.4 Å². The number of hydrogen-bond acceptors (Lipinski definition) is 4. The van der Waals surface area contributed by atoms with Gasteiger partial charge in [-0.3, -0.25) is 9.69 Å². The van der Waals surface area contributed by atoms with E-state index in [1.165, 1.54) is 4.90 Å². The standard InChI is InChI=1S/C15H28N2O4/c1-15(2,3)21-14(20)17-10-7-8-12(17)13(19)16-9-5-4-6-11-18/h12,18H,4-11H2,1-3H3,(H,16,19). The topological polar surface area (TPSA) is 78.9 Å². The van der Waals surface area contributed by atoms with Crippen LogP contribution in [0.1, 0.15) is 52.9 Å². The lowest BCUT2D eigenvalue weighted by atomic mass is 10.2. The second-order valence-corrected chi connectivity index (χ2v) is 6.41. The van der Waals surface area contributed by atoms with Crippen LogP contribution < -0.4 is 5.32 Å². The number of nitrogens with one attached hydrogen (secondary N) is 1.